The lowest BCUT2D eigenvalue weighted by molar-refractivity contribution is 0.408. The van der Waals surface area contributed by atoms with Crippen molar-refractivity contribution in [2.45, 2.75) is 32.6 Å². The van der Waals surface area contributed by atoms with Crippen LogP contribution in [0.4, 0.5) is 0 Å². The van der Waals surface area contributed by atoms with Crippen LogP contribution in [-0.4, -0.2) is 7.11 Å². The van der Waals surface area contributed by atoms with Gasteiger partial charge in [0.2, 0.25) is 0 Å². The van der Waals surface area contributed by atoms with Gasteiger partial charge in [0.1, 0.15) is 5.75 Å². The van der Waals surface area contributed by atoms with Crippen molar-refractivity contribution in [3.63, 3.8) is 0 Å². The summed E-state index contributed by atoms with van der Waals surface area (Å²) < 4.78 is 5.43. The predicted molar refractivity (Wildman–Crippen MR) is 85.6 cm³/mol. The molecule has 0 fully saturated rings. The van der Waals surface area contributed by atoms with Crippen LogP contribution < -0.4 is 4.74 Å². The Morgan fingerprint density at radius 3 is 2.33 bits per heavy atom. The number of aryl methyl sites for hydroxylation is 2. The highest BCUT2D eigenvalue weighted by Crippen LogP contribution is 2.30. The standard InChI is InChI=1S/C19H21NO/c1-4-15-9-10-19(21-3)18(12-15)17(13-20)11-16-7-5-14(2)6-8-16/h5-10,12,17H,4,11H2,1-3H3. The number of methoxy groups -OCH3 is 1. The third kappa shape index (κ3) is 3.64. The first kappa shape index (κ1) is 15.1. The summed E-state index contributed by atoms with van der Waals surface area (Å²) in [4.78, 5) is 0. The van der Waals surface area contributed by atoms with Crippen LogP contribution in [0.2, 0.25) is 0 Å². The molecule has 2 rings (SSSR count). The molecule has 0 saturated heterocycles. The van der Waals surface area contributed by atoms with E-state index in [1.807, 2.05) is 6.07 Å². The first-order valence-corrected chi connectivity index (χ1v) is 7.30. The van der Waals surface area contributed by atoms with Crippen LogP contribution in [0.3, 0.4) is 0 Å². The number of hydrogen-bond acceptors (Lipinski definition) is 2. The molecule has 2 aromatic rings. The van der Waals surface area contributed by atoms with Gasteiger partial charge < -0.3 is 4.74 Å². The lowest BCUT2D eigenvalue weighted by atomic mass is 9.91. The van der Waals surface area contributed by atoms with Gasteiger partial charge in [-0.1, -0.05) is 48.9 Å². The Morgan fingerprint density at radius 2 is 1.76 bits per heavy atom. The van der Waals surface area contributed by atoms with Gasteiger partial charge in [0.15, 0.2) is 0 Å². The highest BCUT2D eigenvalue weighted by molar-refractivity contribution is 5.43. The first-order valence-electron chi connectivity index (χ1n) is 7.30. The zero-order valence-electron chi connectivity index (χ0n) is 12.9. The van der Waals surface area contributed by atoms with E-state index in [-0.39, 0.29) is 5.92 Å². The van der Waals surface area contributed by atoms with Crippen molar-refractivity contribution >= 4 is 0 Å². The van der Waals surface area contributed by atoms with Gasteiger partial charge in [0.05, 0.1) is 19.1 Å². The second-order valence-corrected chi connectivity index (χ2v) is 5.30. The third-order valence-corrected chi connectivity index (χ3v) is 3.79. The maximum absolute atomic E-state index is 9.57. The molecule has 0 N–H and O–H groups in total. The normalized spacial score (nSPS) is 11.7. The van der Waals surface area contributed by atoms with Crippen molar-refractivity contribution in [2.24, 2.45) is 0 Å². The van der Waals surface area contributed by atoms with Gasteiger partial charge in [-0.15, -0.1) is 0 Å². The molecule has 0 aliphatic rings. The fourth-order valence-electron chi connectivity index (χ4n) is 2.46. The average Bonchev–Trinajstić information content (AvgIpc) is 2.53. The van der Waals surface area contributed by atoms with Gasteiger partial charge in [0.25, 0.3) is 0 Å². The predicted octanol–water partition coefficient (Wildman–Crippen LogP) is 4.42. The minimum atomic E-state index is -0.186. The number of ether oxygens (including phenoxy) is 1. The maximum Gasteiger partial charge on any atom is 0.123 e. The molecule has 0 radical (unpaired) electrons. The molecule has 2 nitrogen and oxygen atoms in total. The number of benzene rings is 2. The van der Waals surface area contributed by atoms with Crippen molar-refractivity contribution in [3.05, 3.63) is 64.7 Å². The summed E-state index contributed by atoms with van der Waals surface area (Å²) in [5, 5.41) is 9.57. The molecule has 2 heteroatoms. The van der Waals surface area contributed by atoms with Gasteiger partial charge in [-0.05, 0) is 37.0 Å². The molecule has 1 atom stereocenters. The molecule has 1 unspecified atom stereocenters. The van der Waals surface area contributed by atoms with E-state index in [0.717, 1.165) is 17.7 Å². The smallest absolute Gasteiger partial charge is 0.123 e. The minimum absolute atomic E-state index is 0.186. The number of hydrogen-bond donors (Lipinski definition) is 0. The van der Waals surface area contributed by atoms with Gasteiger partial charge >= 0.3 is 0 Å². The number of nitrogens with zero attached hydrogens (tertiary/aromatic N) is 1. The van der Waals surface area contributed by atoms with E-state index in [0.29, 0.717) is 6.42 Å². The van der Waals surface area contributed by atoms with Crippen LogP contribution in [0.25, 0.3) is 0 Å². The maximum atomic E-state index is 9.57. The summed E-state index contributed by atoms with van der Waals surface area (Å²) in [7, 11) is 1.66. The Labute approximate surface area is 127 Å². The van der Waals surface area contributed by atoms with E-state index in [2.05, 4.69) is 56.3 Å². The SMILES string of the molecule is CCc1ccc(OC)c(C(C#N)Cc2ccc(C)cc2)c1. The molecule has 0 aliphatic heterocycles. The van der Waals surface area contributed by atoms with Crippen LogP contribution >= 0.6 is 0 Å². The zero-order chi connectivity index (χ0) is 15.2. The highest BCUT2D eigenvalue weighted by Gasteiger charge is 2.17. The summed E-state index contributed by atoms with van der Waals surface area (Å²) in [6, 6.07) is 16.9. The van der Waals surface area contributed by atoms with Crippen LogP contribution in [0.1, 0.15) is 35.1 Å². The zero-order valence-corrected chi connectivity index (χ0v) is 12.9. The molecule has 108 valence electrons. The molecule has 21 heavy (non-hydrogen) atoms. The van der Waals surface area contributed by atoms with Crippen molar-refractivity contribution in [1.29, 1.82) is 5.26 Å². The Bertz CT molecular complexity index is 638. The summed E-state index contributed by atoms with van der Waals surface area (Å²) in [5.74, 6) is 0.611. The molecule has 0 amide bonds. The molecule has 0 heterocycles. The van der Waals surface area contributed by atoms with E-state index in [9.17, 15) is 5.26 Å². The van der Waals surface area contributed by atoms with E-state index in [1.54, 1.807) is 7.11 Å². The summed E-state index contributed by atoms with van der Waals surface area (Å²) in [5.41, 5.74) is 4.63. The summed E-state index contributed by atoms with van der Waals surface area (Å²) >= 11 is 0. The van der Waals surface area contributed by atoms with Gasteiger partial charge in [-0.25, -0.2) is 0 Å². The molecule has 0 spiro atoms. The molecule has 2 aromatic carbocycles. The monoisotopic (exact) mass is 279 g/mol. The second-order valence-electron chi connectivity index (χ2n) is 5.30. The Hall–Kier alpha value is -2.27. The molecule has 0 saturated carbocycles. The Kier molecular flexibility index (Phi) is 5.00. The minimum Gasteiger partial charge on any atom is -0.496 e. The van der Waals surface area contributed by atoms with Crippen LogP contribution in [0.15, 0.2) is 42.5 Å². The van der Waals surface area contributed by atoms with Crippen LogP contribution in [0, 0.1) is 18.3 Å². The number of rotatable bonds is 5. The van der Waals surface area contributed by atoms with Crippen molar-refractivity contribution in [2.75, 3.05) is 7.11 Å². The molecular weight excluding hydrogens is 258 g/mol. The molecule has 0 bridgehead atoms. The Morgan fingerprint density at radius 1 is 1.10 bits per heavy atom. The van der Waals surface area contributed by atoms with E-state index < -0.39 is 0 Å². The topological polar surface area (TPSA) is 33.0 Å². The molecular formula is C19H21NO. The Balaban J connectivity index is 2.32. The fourth-order valence-corrected chi connectivity index (χ4v) is 2.46. The third-order valence-electron chi connectivity index (χ3n) is 3.79. The second kappa shape index (κ2) is 6.95. The summed E-state index contributed by atoms with van der Waals surface area (Å²) in [6.07, 6.45) is 1.67. The van der Waals surface area contributed by atoms with Gasteiger partial charge in [0, 0.05) is 5.56 Å². The lowest BCUT2D eigenvalue weighted by Crippen LogP contribution is -2.04. The largest absolute Gasteiger partial charge is 0.496 e. The van der Waals surface area contributed by atoms with E-state index in [1.165, 1.54) is 16.7 Å². The van der Waals surface area contributed by atoms with Gasteiger partial charge in [-0.2, -0.15) is 5.26 Å². The highest BCUT2D eigenvalue weighted by atomic mass is 16.5. The van der Waals surface area contributed by atoms with Gasteiger partial charge in [-0.3, -0.25) is 0 Å². The molecule has 0 aliphatic carbocycles. The van der Waals surface area contributed by atoms with Crippen molar-refractivity contribution in [3.8, 4) is 11.8 Å². The first-order chi connectivity index (χ1) is 10.2. The summed E-state index contributed by atoms with van der Waals surface area (Å²) in [6.45, 7) is 4.19. The van der Waals surface area contributed by atoms with E-state index in [4.69, 9.17) is 4.74 Å². The van der Waals surface area contributed by atoms with Crippen molar-refractivity contribution in [1.82, 2.24) is 0 Å². The van der Waals surface area contributed by atoms with E-state index >= 15 is 0 Å². The molecule has 0 aromatic heterocycles. The number of nitriles is 1. The van der Waals surface area contributed by atoms with Crippen LogP contribution in [0.5, 0.6) is 5.75 Å². The fraction of sp³-hybridized carbons (Fsp3) is 0.316. The van der Waals surface area contributed by atoms with Crippen LogP contribution in [-0.2, 0) is 12.8 Å². The average molecular weight is 279 g/mol. The van der Waals surface area contributed by atoms with Crippen molar-refractivity contribution < 1.29 is 4.74 Å². The lowest BCUT2D eigenvalue weighted by Gasteiger charge is -2.15. The quantitative estimate of drug-likeness (QED) is 0.812.